The first-order chi connectivity index (χ1) is 17.9. The lowest BCUT2D eigenvalue weighted by atomic mass is 9.97. The van der Waals surface area contributed by atoms with Gasteiger partial charge in [0.2, 0.25) is 5.91 Å². The first kappa shape index (κ1) is 23.9. The number of anilines is 2. The molecule has 186 valence electrons. The number of fused-ring (bicyclic) bond motifs is 1. The van der Waals surface area contributed by atoms with Crippen LogP contribution in [0.2, 0.25) is 0 Å². The average molecular weight is 495 g/mol. The summed E-state index contributed by atoms with van der Waals surface area (Å²) in [6.45, 7) is 2.70. The molecule has 1 saturated heterocycles. The molecule has 2 amide bonds. The van der Waals surface area contributed by atoms with Crippen LogP contribution < -0.4 is 15.8 Å². The SMILES string of the molecule is Cc1c(C(=O)N2CCCC(C(N)=O)C2)cn2ncc(C#N)c(Nc3ccc(Oc4ccccc4)cc3)c12. The minimum absolute atomic E-state index is 0.180. The van der Waals surface area contributed by atoms with E-state index in [0.717, 1.165) is 17.9 Å². The normalized spacial score (nSPS) is 15.2. The number of benzene rings is 2. The Labute approximate surface area is 214 Å². The number of nitrogens with one attached hydrogen (secondary N) is 1. The van der Waals surface area contributed by atoms with Gasteiger partial charge in [0.05, 0.1) is 34.4 Å². The van der Waals surface area contributed by atoms with Gasteiger partial charge in [-0.05, 0) is 61.7 Å². The number of primary amides is 1. The maximum Gasteiger partial charge on any atom is 0.255 e. The largest absolute Gasteiger partial charge is 0.457 e. The van der Waals surface area contributed by atoms with Crippen LogP contribution in [0.1, 0.15) is 34.3 Å². The highest BCUT2D eigenvalue weighted by molar-refractivity contribution is 6.00. The van der Waals surface area contributed by atoms with E-state index >= 15 is 0 Å². The molecule has 4 aromatic rings. The van der Waals surface area contributed by atoms with E-state index in [0.29, 0.717) is 53.2 Å². The van der Waals surface area contributed by atoms with E-state index in [1.54, 1.807) is 15.6 Å². The van der Waals surface area contributed by atoms with E-state index in [1.165, 1.54) is 6.20 Å². The van der Waals surface area contributed by atoms with Crippen LogP contribution in [-0.2, 0) is 4.79 Å². The van der Waals surface area contributed by atoms with Crippen molar-refractivity contribution in [1.29, 1.82) is 5.26 Å². The minimum atomic E-state index is -0.386. The highest BCUT2D eigenvalue weighted by Gasteiger charge is 2.30. The first-order valence-corrected chi connectivity index (χ1v) is 12.0. The fourth-order valence-electron chi connectivity index (χ4n) is 4.65. The number of piperidine rings is 1. The molecule has 37 heavy (non-hydrogen) atoms. The van der Waals surface area contributed by atoms with Crippen molar-refractivity contribution < 1.29 is 14.3 Å². The third kappa shape index (κ3) is 4.82. The third-order valence-corrected chi connectivity index (χ3v) is 6.62. The lowest BCUT2D eigenvalue weighted by Gasteiger charge is -2.31. The lowest BCUT2D eigenvalue weighted by molar-refractivity contribution is -0.123. The van der Waals surface area contributed by atoms with Gasteiger partial charge in [0.15, 0.2) is 0 Å². The number of para-hydroxylation sites is 1. The van der Waals surface area contributed by atoms with Crippen LogP contribution in [0, 0.1) is 24.2 Å². The average Bonchev–Trinajstić information content (AvgIpc) is 3.26. The van der Waals surface area contributed by atoms with Crippen LogP contribution in [0.5, 0.6) is 11.5 Å². The number of carbonyl (C=O) groups excluding carboxylic acids is 2. The highest BCUT2D eigenvalue weighted by Crippen LogP contribution is 2.32. The van der Waals surface area contributed by atoms with Gasteiger partial charge in [-0.3, -0.25) is 9.59 Å². The Morgan fingerprint density at radius 1 is 1.14 bits per heavy atom. The number of amides is 2. The summed E-state index contributed by atoms with van der Waals surface area (Å²) in [5, 5.41) is 17.5. The Hall–Kier alpha value is -4.84. The lowest BCUT2D eigenvalue weighted by Crippen LogP contribution is -2.44. The quantitative estimate of drug-likeness (QED) is 0.410. The van der Waals surface area contributed by atoms with Gasteiger partial charge in [0.25, 0.3) is 5.91 Å². The van der Waals surface area contributed by atoms with Crippen LogP contribution in [0.4, 0.5) is 11.4 Å². The second kappa shape index (κ2) is 10.0. The number of aromatic nitrogens is 2. The Morgan fingerprint density at radius 2 is 1.86 bits per heavy atom. The fourth-order valence-corrected chi connectivity index (χ4v) is 4.65. The number of carbonyl (C=O) groups is 2. The Morgan fingerprint density at radius 3 is 2.57 bits per heavy atom. The van der Waals surface area contributed by atoms with Crippen LogP contribution in [0.3, 0.4) is 0 Å². The number of nitriles is 1. The molecule has 0 bridgehead atoms. The number of rotatable bonds is 6. The maximum atomic E-state index is 13.4. The van der Waals surface area contributed by atoms with Crippen molar-refractivity contribution in [3.05, 3.63) is 83.7 Å². The summed E-state index contributed by atoms with van der Waals surface area (Å²) in [5.41, 5.74) is 8.96. The Balaban J connectivity index is 1.44. The van der Waals surface area contributed by atoms with E-state index in [9.17, 15) is 14.9 Å². The molecule has 0 radical (unpaired) electrons. The molecule has 0 saturated carbocycles. The molecule has 1 fully saturated rings. The molecule has 1 unspecified atom stereocenters. The third-order valence-electron chi connectivity index (χ3n) is 6.62. The molecular formula is C28H26N6O3. The van der Waals surface area contributed by atoms with Gasteiger partial charge in [-0.15, -0.1) is 0 Å². The molecule has 0 aliphatic carbocycles. The molecular weight excluding hydrogens is 468 g/mol. The van der Waals surface area contributed by atoms with Crippen molar-refractivity contribution in [3.63, 3.8) is 0 Å². The molecule has 9 heteroatoms. The van der Waals surface area contributed by atoms with Gasteiger partial charge >= 0.3 is 0 Å². The topological polar surface area (TPSA) is 126 Å². The van der Waals surface area contributed by atoms with E-state index in [-0.39, 0.29) is 17.7 Å². The van der Waals surface area contributed by atoms with E-state index in [2.05, 4.69) is 16.5 Å². The molecule has 3 heterocycles. The second-order valence-electron chi connectivity index (χ2n) is 9.06. The van der Waals surface area contributed by atoms with E-state index in [4.69, 9.17) is 10.5 Å². The zero-order chi connectivity index (χ0) is 25.9. The molecule has 2 aromatic carbocycles. The monoisotopic (exact) mass is 494 g/mol. The first-order valence-electron chi connectivity index (χ1n) is 12.0. The Kier molecular flexibility index (Phi) is 6.47. The molecule has 0 spiro atoms. The van der Waals surface area contributed by atoms with Crippen molar-refractivity contribution in [2.75, 3.05) is 18.4 Å². The molecule has 5 rings (SSSR count). The summed E-state index contributed by atoms with van der Waals surface area (Å²) in [6, 6.07) is 19.1. The standard InChI is InChI=1S/C28H26N6O3/c1-18-24(28(36)33-13-5-6-19(16-33)27(30)35)17-34-26(18)25(20(14-29)15-31-34)32-21-9-11-23(12-10-21)37-22-7-3-2-4-8-22/h2-4,7-12,15,17,19,32H,5-6,13,16H2,1H3,(H2,30,35). The molecule has 9 nitrogen and oxygen atoms in total. The number of aryl methyl sites for hydroxylation is 1. The highest BCUT2D eigenvalue weighted by atomic mass is 16.5. The van der Waals surface area contributed by atoms with Crippen molar-refractivity contribution in [2.24, 2.45) is 11.7 Å². The minimum Gasteiger partial charge on any atom is -0.457 e. The zero-order valence-corrected chi connectivity index (χ0v) is 20.3. The molecule has 3 N–H and O–H groups in total. The van der Waals surface area contributed by atoms with Crippen LogP contribution in [-0.4, -0.2) is 39.4 Å². The molecule has 1 aliphatic heterocycles. The van der Waals surface area contributed by atoms with E-state index in [1.807, 2.05) is 61.5 Å². The van der Waals surface area contributed by atoms with Crippen molar-refractivity contribution in [2.45, 2.75) is 19.8 Å². The fraction of sp³-hybridized carbons (Fsp3) is 0.214. The van der Waals surface area contributed by atoms with Gasteiger partial charge in [0, 0.05) is 25.0 Å². The van der Waals surface area contributed by atoms with Gasteiger partial charge in [-0.2, -0.15) is 10.4 Å². The van der Waals surface area contributed by atoms with Crippen molar-refractivity contribution in [3.8, 4) is 17.6 Å². The number of ether oxygens (including phenoxy) is 1. The zero-order valence-electron chi connectivity index (χ0n) is 20.3. The summed E-state index contributed by atoms with van der Waals surface area (Å²) >= 11 is 0. The van der Waals surface area contributed by atoms with Crippen LogP contribution >= 0.6 is 0 Å². The summed E-state index contributed by atoms with van der Waals surface area (Å²) in [7, 11) is 0. The number of likely N-dealkylation sites (tertiary alicyclic amines) is 1. The number of nitrogens with two attached hydrogens (primary N) is 1. The van der Waals surface area contributed by atoms with Gasteiger partial charge in [-0.25, -0.2) is 4.52 Å². The molecule has 1 atom stereocenters. The maximum absolute atomic E-state index is 13.4. The second-order valence-corrected chi connectivity index (χ2v) is 9.06. The number of nitrogens with zero attached hydrogens (tertiary/aromatic N) is 4. The van der Waals surface area contributed by atoms with Gasteiger partial charge in [-0.1, -0.05) is 18.2 Å². The van der Waals surface area contributed by atoms with E-state index < -0.39 is 0 Å². The number of hydrogen-bond acceptors (Lipinski definition) is 6. The summed E-state index contributed by atoms with van der Waals surface area (Å²) < 4.78 is 7.47. The summed E-state index contributed by atoms with van der Waals surface area (Å²) in [5.74, 6) is 0.510. The smallest absolute Gasteiger partial charge is 0.255 e. The number of hydrogen-bond donors (Lipinski definition) is 2. The summed E-state index contributed by atoms with van der Waals surface area (Å²) in [4.78, 5) is 26.8. The van der Waals surface area contributed by atoms with Crippen molar-refractivity contribution in [1.82, 2.24) is 14.5 Å². The predicted molar refractivity (Wildman–Crippen MR) is 139 cm³/mol. The predicted octanol–water partition coefficient (Wildman–Crippen LogP) is 4.39. The summed E-state index contributed by atoms with van der Waals surface area (Å²) in [6.07, 6.45) is 4.55. The van der Waals surface area contributed by atoms with Gasteiger partial charge < -0.3 is 20.7 Å². The van der Waals surface area contributed by atoms with Gasteiger partial charge in [0.1, 0.15) is 17.6 Å². The van der Waals surface area contributed by atoms with Crippen LogP contribution in [0.15, 0.2) is 67.0 Å². The van der Waals surface area contributed by atoms with Crippen molar-refractivity contribution >= 4 is 28.7 Å². The van der Waals surface area contributed by atoms with Crippen LogP contribution in [0.25, 0.3) is 5.52 Å². The Bertz CT molecular complexity index is 1510. The molecule has 2 aromatic heterocycles. The molecule has 1 aliphatic rings.